The maximum atomic E-state index is 5.96. The van der Waals surface area contributed by atoms with E-state index in [1.165, 1.54) is 0 Å². The molecular weight excluding hydrogens is 467 g/mol. The van der Waals surface area contributed by atoms with Crippen molar-refractivity contribution in [3.8, 4) is 0 Å². The zero-order valence-electron chi connectivity index (χ0n) is 14.9. The molecule has 0 radical (unpaired) electrons. The Kier molecular flexibility index (Phi) is 11.3. The van der Waals surface area contributed by atoms with Crippen LogP contribution in [-0.4, -0.2) is 20.3 Å². The largest absolute Gasteiger partial charge is 0.234 e. The zero-order valence-corrected chi connectivity index (χ0v) is 19.7. The minimum atomic E-state index is 0.694. The topological polar surface area (TPSA) is 24.7 Å². The van der Waals surface area contributed by atoms with E-state index in [2.05, 4.69) is 13.2 Å². The predicted octanol–water partition coefficient (Wildman–Crippen LogP) is 8.89. The highest BCUT2D eigenvalue weighted by molar-refractivity contribution is 8.93. The molecule has 2 nitrogen and oxygen atoms in total. The first-order valence-corrected chi connectivity index (χ1v) is 13.0. The summed E-state index contributed by atoms with van der Waals surface area (Å²) < 4.78 is 1.85. The van der Waals surface area contributed by atoms with Crippen molar-refractivity contribution in [1.82, 2.24) is 0 Å². The van der Waals surface area contributed by atoms with Gasteiger partial charge in [0.05, 0.1) is 11.4 Å². The Bertz CT molecular complexity index is 763. The van der Waals surface area contributed by atoms with Gasteiger partial charge in [0.2, 0.25) is 0 Å². The average Bonchev–Trinajstić information content (AvgIpc) is 2.71. The molecule has 8 heteroatoms. The van der Waals surface area contributed by atoms with Crippen molar-refractivity contribution in [2.24, 2.45) is 9.98 Å². The normalized spacial score (nSPS) is 12.1. The molecular formula is C20H18Cl2N2S4. The third kappa shape index (κ3) is 9.16. The van der Waals surface area contributed by atoms with Gasteiger partial charge < -0.3 is 0 Å². The molecule has 0 unspecified atom stereocenters. The molecule has 0 aliphatic heterocycles. The minimum absolute atomic E-state index is 0.694. The molecule has 2 aromatic carbocycles. The number of halogens is 2. The molecule has 0 aliphatic carbocycles. The Morgan fingerprint density at radius 2 is 1.07 bits per heavy atom. The number of thioether (sulfide) groups is 2. The van der Waals surface area contributed by atoms with Crippen LogP contribution >= 0.6 is 68.3 Å². The number of hydrogen-bond acceptors (Lipinski definition) is 6. The highest BCUT2D eigenvalue weighted by Gasteiger charge is 2.08. The van der Waals surface area contributed by atoms with Crippen molar-refractivity contribution >= 4 is 88.4 Å². The van der Waals surface area contributed by atoms with Crippen molar-refractivity contribution in [3.63, 3.8) is 0 Å². The summed E-state index contributed by atoms with van der Waals surface area (Å²) in [6.07, 6.45) is 3.73. The minimum Gasteiger partial charge on any atom is -0.234 e. The van der Waals surface area contributed by atoms with E-state index in [0.717, 1.165) is 31.6 Å². The molecule has 0 saturated carbocycles. The van der Waals surface area contributed by atoms with Gasteiger partial charge in [0.1, 0.15) is 8.75 Å². The molecule has 0 fully saturated rings. The van der Waals surface area contributed by atoms with Crippen molar-refractivity contribution in [1.29, 1.82) is 0 Å². The molecule has 0 amide bonds. The summed E-state index contributed by atoms with van der Waals surface area (Å²) in [4.78, 5) is 9.44. The third-order valence-electron chi connectivity index (χ3n) is 2.93. The molecule has 0 spiro atoms. The van der Waals surface area contributed by atoms with E-state index in [4.69, 9.17) is 33.2 Å². The van der Waals surface area contributed by atoms with Crippen LogP contribution in [0.15, 0.2) is 83.8 Å². The first-order valence-electron chi connectivity index (χ1n) is 8.11. The Morgan fingerprint density at radius 3 is 1.39 bits per heavy atom. The Balaban J connectivity index is 2.15. The van der Waals surface area contributed by atoms with E-state index < -0.39 is 0 Å². The van der Waals surface area contributed by atoms with Crippen LogP contribution in [0.5, 0.6) is 0 Å². The summed E-state index contributed by atoms with van der Waals surface area (Å²) in [6, 6.07) is 14.9. The van der Waals surface area contributed by atoms with Crippen LogP contribution in [0.4, 0.5) is 11.4 Å². The lowest BCUT2D eigenvalue weighted by Crippen LogP contribution is -1.89. The fourth-order valence-corrected chi connectivity index (χ4v) is 6.19. The van der Waals surface area contributed by atoms with Crippen LogP contribution in [0.2, 0.25) is 10.0 Å². The van der Waals surface area contributed by atoms with Gasteiger partial charge in [-0.15, -0.1) is 13.2 Å². The quantitative estimate of drug-likeness (QED) is 0.177. The molecule has 28 heavy (non-hydrogen) atoms. The first-order chi connectivity index (χ1) is 13.6. The van der Waals surface area contributed by atoms with Gasteiger partial charge >= 0.3 is 0 Å². The second-order valence-electron chi connectivity index (χ2n) is 5.07. The molecule has 2 rings (SSSR count). The summed E-state index contributed by atoms with van der Waals surface area (Å²) in [6.45, 7) is 7.58. The SMILES string of the molecule is C=CCSC(=Nc1ccc(Cl)cc1)SSC(=Nc1ccc(Cl)cc1)SCC=C. The third-order valence-corrected chi connectivity index (χ3v) is 8.50. The van der Waals surface area contributed by atoms with Gasteiger partial charge in [-0.25, -0.2) is 9.98 Å². The lowest BCUT2D eigenvalue weighted by Gasteiger charge is -2.07. The molecule has 0 bridgehead atoms. The van der Waals surface area contributed by atoms with Gasteiger partial charge in [-0.05, 0) is 70.1 Å². The van der Waals surface area contributed by atoms with Gasteiger partial charge in [0.15, 0.2) is 0 Å². The predicted molar refractivity (Wildman–Crippen MR) is 138 cm³/mol. The number of nitrogens with zero attached hydrogens (tertiary/aromatic N) is 2. The second kappa shape index (κ2) is 13.5. The van der Waals surface area contributed by atoms with Gasteiger partial charge in [0, 0.05) is 21.6 Å². The van der Waals surface area contributed by atoms with E-state index in [1.54, 1.807) is 45.1 Å². The molecule has 0 saturated heterocycles. The maximum Gasteiger partial charge on any atom is 0.141 e. The maximum absolute atomic E-state index is 5.96. The Labute approximate surface area is 192 Å². The molecule has 2 aromatic rings. The molecule has 0 aromatic heterocycles. The van der Waals surface area contributed by atoms with Gasteiger partial charge in [-0.3, -0.25) is 0 Å². The van der Waals surface area contributed by atoms with E-state index in [-0.39, 0.29) is 0 Å². The van der Waals surface area contributed by atoms with Crippen LogP contribution in [0.1, 0.15) is 0 Å². The summed E-state index contributed by atoms with van der Waals surface area (Å²) in [5, 5.41) is 1.39. The smallest absolute Gasteiger partial charge is 0.141 e. The number of aliphatic imine (C=N–C) groups is 2. The van der Waals surface area contributed by atoms with Gasteiger partial charge in [-0.1, -0.05) is 58.9 Å². The van der Waals surface area contributed by atoms with E-state index in [1.807, 2.05) is 60.7 Å². The highest BCUT2D eigenvalue weighted by atomic mass is 35.5. The summed E-state index contributed by atoms with van der Waals surface area (Å²) in [5.41, 5.74) is 1.72. The van der Waals surface area contributed by atoms with Crippen LogP contribution < -0.4 is 0 Å². The van der Waals surface area contributed by atoms with Crippen LogP contribution in [0, 0.1) is 0 Å². The molecule has 0 aliphatic rings. The number of benzene rings is 2. The average molecular weight is 486 g/mol. The lowest BCUT2D eigenvalue weighted by atomic mass is 10.3. The highest BCUT2D eigenvalue weighted by Crippen LogP contribution is 2.37. The van der Waals surface area contributed by atoms with E-state index in [9.17, 15) is 0 Å². The van der Waals surface area contributed by atoms with Crippen molar-refractivity contribution in [3.05, 3.63) is 83.9 Å². The summed E-state index contributed by atoms with van der Waals surface area (Å²) in [5.74, 6) is 1.56. The van der Waals surface area contributed by atoms with Crippen molar-refractivity contribution < 1.29 is 0 Å². The fraction of sp³-hybridized carbons (Fsp3) is 0.100. The molecule has 0 atom stereocenters. The van der Waals surface area contributed by atoms with Gasteiger partial charge in [0.25, 0.3) is 0 Å². The Hall–Kier alpha value is -0.760. The van der Waals surface area contributed by atoms with E-state index in [0.29, 0.717) is 10.0 Å². The molecule has 0 N–H and O–H groups in total. The second-order valence-corrected chi connectivity index (χ2v) is 10.6. The van der Waals surface area contributed by atoms with Crippen molar-refractivity contribution in [2.75, 3.05) is 11.5 Å². The summed E-state index contributed by atoms with van der Waals surface area (Å²) in [7, 11) is 3.16. The van der Waals surface area contributed by atoms with Crippen LogP contribution in [-0.2, 0) is 0 Å². The number of rotatable bonds is 6. The first kappa shape index (κ1) is 23.5. The Morgan fingerprint density at radius 1 is 0.714 bits per heavy atom. The van der Waals surface area contributed by atoms with Crippen LogP contribution in [0.3, 0.4) is 0 Å². The number of hydrogen-bond donors (Lipinski definition) is 0. The molecule has 146 valence electrons. The zero-order chi connectivity index (χ0) is 20.2. The summed E-state index contributed by atoms with van der Waals surface area (Å²) >= 11 is 15.2. The van der Waals surface area contributed by atoms with Gasteiger partial charge in [-0.2, -0.15) is 0 Å². The van der Waals surface area contributed by atoms with Crippen molar-refractivity contribution in [2.45, 2.75) is 0 Å². The monoisotopic (exact) mass is 484 g/mol. The lowest BCUT2D eigenvalue weighted by molar-refractivity contribution is 1.55. The standard InChI is InChI=1S/C20H18Cl2N2S4/c1-3-13-25-19(23-17-9-5-15(21)6-10-17)27-28-20(26-14-4-2)24-18-11-7-16(22)8-12-18/h3-12H,1-2,13-14H2. The van der Waals surface area contributed by atoms with Crippen LogP contribution in [0.25, 0.3) is 0 Å². The van der Waals surface area contributed by atoms with E-state index >= 15 is 0 Å². The fourth-order valence-electron chi connectivity index (χ4n) is 1.72. The molecule has 0 heterocycles.